The Morgan fingerprint density at radius 3 is 2.52 bits per heavy atom. The summed E-state index contributed by atoms with van der Waals surface area (Å²) in [6.45, 7) is 1.82. The zero-order valence-corrected chi connectivity index (χ0v) is 13.5. The third kappa shape index (κ3) is 1.90. The Kier molecular flexibility index (Phi) is 3.11. The molecule has 0 N–H and O–H groups in total. The molecule has 2 aliphatic heterocycles. The molecule has 6 heteroatoms. The number of nitrogens with zero attached hydrogens (tertiary/aromatic N) is 3. The monoisotopic (exact) mass is 329 g/mol. The first-order valence-corrected chi connectivity index (χ1v) is 7.91. The van der Waals surface area contributed by atoms with E-state index in [1.54, 1.807) is 16.7 Å². The van der Waals surface area contributed by atoms with Crippen LogP contribution in [0.5, 0.6) is 0 Å². The molecule has 0 aliphatic carbocycles. The van der Waals surface area contributed by atoms with Gasteiger partial charge in [-0.15, -0.1) is 0 Å². The summed E-state index contributed by atoms with van der Waals surface area (Å²) in [6.07, 6.45) is 0. The summed E-state index contributed by atoms with van der Waals surface area (Å²) in [4.78, 5) is 29.2. The van der Waals surface area contributed by atoms with Gasteiger partial charge in [0.2, 0.25) is 0 Å². The summed E-state index contributed by atoms with van der Waals surface area (Å²) < 4.78 is 1.58. The van der Waals surface area contributed by atoms with Gasteiger partial charge in [-0.2, -0.15) is 0 Å². The van der Waals surface area contributed by atoms with Gasteiger partial charge >= 0.3 is 0 Å². The van der Waals surface area contributed by atoms with E-state index < -0.39 is 5.66 Å². The molecular weight excluding hydrogens is 314 g/mol. The second kappa shape index (κ2) is 4.94. The van der Waals surface area contributed by atoms with Crippen LogP contribution in [0.15, 0.2) is 47.3 Å². The minimum atomic E-state index is -0.639. The molecule has 4 rings (SSSR count). The normalized spacial score (nSPS) is 23.7. The van der Waals surface area contributed by atoms with Crippen molar-refractivity contribution in [2.45, 2.75) is 12.2 Å². The van der Waals surface area contributed by atoms with Gasteiger partial charge in [-0.1, -0.05) is 29.8 Å². The molecular formula is C17H16ClN3O2. The molecule has 1 unspecified atom stereocenters. The van der Waals surface area contributed by atoms with E-state index in [0.717, 1.165) is 12.1 Å². The van der Waals surface area contributed by atoms with Crippen molar-refractivity contribution in [2.24, 2.45) is 0 Å². The highest BCUT2D eigenvalue weighted by molar-refractivity contribution is 6.30. The van der Waals surface area contributed by atoms with Gasteiger partial charge in [0.1, 0.15) is 11.4 Å². The zero-order chi connectivity index (χ0) is 16.2. The Morgan fingerprint density at radius 2 is 1.78 bits per heavy atom. The average molecular weight is 330 g/mol. The van der Waals surface area contributed by atoms with Crippen molar-refractivity contribution < 1.29 is 4.79 Å². The maximum absolute atomic E-state index is 13.0. The summed E-state index contributed by atoms with van der Waals surface area (Å²) in [5, 5.41) is 0.650. The molecule has 1 aromatic heterocycles. The average Bonchev–Trinajstić information content (AvgIpc) is 2.88. The molecule has 1 saturated heterocycles. The molecule has 2 aromatic rings. The quantitative estimate of drug-likeness (QED) is 0.801. The fourth-order valence-corrected chi connectivity index (χ4v) is 3.84. The van der Waals surface area contributed by atoms with Gasteiger partial charge in [0.25, 0.3) is 11.5 Å². The molecule has 118 valence electrons. The highest BCUT2D eigenvalue weighted by atomic mass is 35.5. The molecule has 1 atom stereocenters. The fraction of sp³-hybridized carbons (Fsp3) is 0.294. The molecule has 1 amide bonds. The number of hydrogen-bond acceptors (Lipinski definition) is 3. The third-order valence-corrected chi connectivity index (χ3v) is 5.19. The molecule has 1 aromatic carbocycles. The topological polar surface area (TPSA) is 45.6 Å². The lowest BCUT2D eigenvalue weighted by Crippen LogP contribution is -2.59. The van der Waals surface area contributed by atoms with Crippen molar-refractivity contribution in [3.63, 3.8) is 0 Å². The van der Waals surface area contributed by atoms with Crippen LogP contribution in [0.1, 0.15) is 16.1 Å². The molecule has 3 heterocycles. The Hall–Kier alpha value is -2.11. The van der Waals surface area contributed by atoms with E-state index in [0.29, 0.717) is 23.8 Å². The van der Waals surface area contributed by atoms with E-state index in [4.69, 9.17) is 11.6 Å². The van der Waals surface area contributed by atoms with Gasteiger partial charge in [0.15, 0.2) is 0 Å². The van der Waals surface area contributed by atoms with E-state index in [9.17, 15) is 9.59 Å². The maximum atomic E-state index is 13.0. The first kappa shape index (κ1) is 14.5. The first-order chi connectivity index (χ1) is 11.0. The van der Waals surface area contributed by atoms with E-state index >= 15 is 0 Å². The van der Waals surface area contributed by atoms with Crippen LogP contribution >= 0.6 is 11.6 Å². The van der Waals surface area contributed by atoms with Crippen LogP contribution in [-0.2, 0) is 12.2 Å². The summed E-state index contributed by atoms with van der Waals surface area (Å²) >= 11 is 6.01. The van der Waals surface area contributed by atoms with Crippen molar-refractivity contribution in [2.75, 3.05) is 20.1 Å². The lowest BCUT2D eigenvalue weighted by atomic mass is 9.94. The Labute approximate surface area is 138 Å². The number of likely N-dealkylation sites (N-methyl/N-ethyl adjacent to an activating group) is 1. The molecule has 23 heavy (non-hydrogen) atoms. The molecule has 2 aliphatic rings. The van der Waals surface area contributed by atoms with Crippen LogP contribution in [0.2, 0.25) is 5.02 Å². The highest BCUT2D eigenvalue weighted by Crippen LogP contribution is 2.41. The SMILES string of the molecule is CN1CCN2C(=O)c3cccc(=O)n3CC12c1ccc(Cl)cc1. The van der Waals surface area contributed by atoms with Crippen molar-refractivity contribution in [1.82, 2.24) is 14.4 Å². The second-order valence-corrected chi connectivity index (χ2v) is 6.47. The van der Waals surface area contributed by atoms with Crippen LogP contribution in [0.4, 0.5) is 0 Å². The minimum absolute atomic E-state index is 0.103. The van der Waals surface area contributed by atoms with Crippen LogP contribution in [0.25, 0.3) is 0 Å². The van der Waals surface area contributed by atoms with E-state index in [-0.39, 0.29) is 11.5 Å². The lowest BCUT2D eigenvalue weighted by molar-refractivity contribution is -0.00251. The number of halogens is 1. The van der Waals surface area contributed by atoms with Gasteiger partial charge in [-0.05, 0) is 30.8 Å². The summed E-state index contributed by atoms with van der Waals surface area (Å²) in [6, 6.07) is 12.4. The second-order valence-electron chi connectivity index (χ2n) is 6.04. The van der Waals surface area contributed by atoms with Gasteiger partial charge in [0.05, 0.1) is 6.54 Å². The summed E-state index contributed by atoms with van der Waals surface area (Å²) in [5.41, 5.74) is 0.637. The van der Waals surface area contributed by atoms with Crippen molar-refractivity contribution in [3.05, 3.63) is 69.1 Å². The van der Waals surface area contributed by atoms with Gasteiger partial charge in [-0.3, -0.25) is 19.1 Å². The van der Waals surface area contributed by atoms with Crippen molar-refractivity contribution in [1.29, 1.82) is 0 Å². The smallest absolute Gasteiger partial charge is 0.272 e. The number of fused-ring (bicyclic) bond motifs is 2. The summed E-state index contributed by atoms with van der Waals surface area (Å²) in [7, 11) is 1.99. The molecule has 0 radical (unpaired) electrons. The number of benzene rings is 1. The van der Waals surface area contributed by atoms with Crippen LogP contribution in [0.3, 0.4) is 0 Å². The number of aromatic nitrogens is 1. The molecule has 0 saturated carbocycles. The Balaban J connectivity index is 1.96. The molecule has 0 bridgehead atoms. The van der Waals surface area contributed by atoms with Gasteiger partial charge in [0, 0.05) is 24.2 Å². The van der Waals surface area contributed by atoms with Crippen molar-refractivity contribution >= 4 is 17.5 Å². The molecule has 0 spiro atoms. The van der Waals surface area contributed by atoms with E-state index in [1.807, 2.05) is 36.2 Å². The first-order valence-electron chi connectivity index (χ1n) is 7.53. The predicted molar refractivity (Wildman–Crippen MR) is 87.5 cm³/mol. The number of amides is 1. The highest BCUT2D eigenvalue weighted by Gasteiger charge is 2.52. The van der Waals surface area contributed by atoms with E-state index in [1.165, 1.54) is 6.07 Å². The number of rotatable bonds is 1. The van der Waals surface area contributed by atoms with Crippen LogP contribution in [0, 0.1) is 0 Å². The van der Waals surface area contributed by atoms with E-state index in [2.05, 4.69) is 4.90 Å². The van der Waals surface area contributed by atoms with Crippen LogP contribution < -0.4 is 5.56 Å². The van der Waals surface area contributed by atoms with Gasteiger partial charge < -0.3 is 4.90 Å². The number of pyridine rings is 1. The summed E-state index contributed by atoms with van der Waals surface area (Å²) in [5.74, 6) is -0.103. The Bertz CT molecular complexity index is 846. The number of carbonyl (C=O) groups excluding carboxylic acids is 1. The number of carbonyl (C=O) groups is 1. The van der Waals surface area contributed by atoms with Crippen LogP contribution in [-0.4, -0.2) is 40.4 Å². The molecule has 5 nitrogen and oxygen atoms in total. The minimum Gasteiger partial charge on any atom is -0.312 e. The Morgan fingerprint density at radius 1 is 1.04 bits per heavy atom. The third-order valence-electron chi connectivity index (χ3n) is 4.94. The zero-order valence-electron chi connectivity index (χ0n) is 12.7. The van der Waals surface area contributed by atoms with Gasteiger partial charge in [-0.25, -0.2) is 0 Å². The number of hydrogen-bond donors (Lipinski definition) is 0. The maximum Gasteiger partial charge on any atom is 0.272 e. The van der Waals surface area contributed by atoms with Crippen molar-refractivity contribution in [3.8, 4) is 0 Å². The largest absolute Gasteiger partial charge is 0.312 e. The molecule has 1 fully saturated rings. The lowest BCUT2D eigenvalue weighted by Gasteiger charge is -2.46. The predicted octanol–water partition coefficient (Wildman–Crippen LogP) is 1.76. The fourth-order valence-electron chi connectivity index (χ4n) is 3.71. The standard InChI is InChI=1S/C17H16ClN3O2/c1-19-9-10-21-16(23)14-3-2-4-15(22)20(14)11-17(19,21)12-5-7-13(18)8-6-12/h2-8H,9-11H2,1H3.